The molecule has 3 saturated heterocycles. The van der Waals surface area contributed by atoms with Crippen molar-refractivity contribution in [1.82, 2.24) is 9.80 Å². The summed E-state index contributed by atoms with van der Waals surface area (Å²) in [4.78, 5) is 62.4. The van der Waals surface area contributed by atoms with E-state index in [1.54, 1.807) is 29.0 Å². The fraction of sp³-hybridized carbons (Fsp3) is 0.524. The van der Waals surface area contributed by atoms with Crippen LogP contribution < -0.4 is 4.90 Å². The molecule has 0 radical (unpaired) electrons. The molecular formula is C42H54BrN3O7. The molecule has 9 atom stereocenters. The van der Waals surface area contributed by atoms with E-state index < -0.39 is 59.6 Å². The number of aliphatic hydroxyl groups excluding tert-OH is 1. The van der Waals surface area contributed by atoms with Crippen molar-refractivity contribution in [3.8, 4) is 0 Å². The Labute approximate surface area is 322 Å². The van der Waals surface area contributed by atoms with Gasteiger partial charge in [0, 0.05) is 30.5 Å². The maximum Gasteiger partial charge on any atom is 0.313 e. The molecule has 1 spiro atoms. The lowest BCUT2D eigenvalue weighted by Crippen LogP contribution is -2.59. The van der Waals surface area contributed by atoms with Crippen LogP contribution in [0.4, 0.5) is 5.69 Å². The number of rotatable bonds is 16. The van der Waals surface area contributed by atoms with E-state index in [2.05, 4.69) is 29.1 Å². The summed E-state index contributed by atoms with van der Waals surface area (Å²) in [6.07, 6.45) is 3.26. The number of ether oxygens (including phenoxy) is 2. The third-order valence-electron chi connectivity index (χ3n) is 11.2. The molecule has 2 aromatic rings. The lowest BCUT2D eigenvalue weighted by molar-refractivity contribution is -0.165. The number of aryl methyl sites for hydroxylation is 2. The number of fused-ring (bicyclic) bond motifs is 1. The summed E-state index contributed by atoms with van der Waals surface area (Å²) in [7, 11) is 1.69. The number of halogens is 1. The highest BCUT2D eigenvalue weighted by Crippen LogP contribution is 2.61. The molecular weight excluding hydrogens is 738 g/mol. The molecule has 2 bridgehead atoms. The van der Waals surface area contributed by atoms with Crippen molar-refractivity contribution in [3.63, 3.8) is 0 Å². The molecule has 2 aromatic carbocycles. The van der Waals surface area contributed by atoms with Gasteiger partial charge in [0.15, 0.2) is 0 Å². The molecule has 3 aliphatic heterocycles. The van der Waals surface area contributed by atoms with Crippen LogP contribution in [0.2, 0.25) is 0 Å². The van der Waals surface area contributed by atoms with Crippen molar-refractivity contribution in [2.75, 3.05) is 25.1 Å². The molecule has 3 aliphatic rings. The minimum absolute atomic E-state index is 0.0951. The number of carbonyl (C=O) groups excluding carboxylic acids is 4. The molecule has 1 unspecified atom stereocenters. The van der Waals surface area contributed by atoms with E-state index in [1.165, 1.54) is 4.90 Å². The summed E-state index contributed by atoms with van der Waals surface area (Å²) in [6.45, 7) is 17.2. The van der Waals surface area contributed by atoms with E-state index in [4.69, 9.17) is 9.47 Å². The summed E-state index contributed by atoms with van der Waals surface area (Å²) in [5.74, 6) is -3.51. The fourth-order valence-electron chi connectivity index (χ4n) is 8.75. The van der Waals surface area contributed by atoms with Crippen LogP contribution in [0.1, 0.15) is 69.2 Å². The molecule has 0 saturated carbocycles. The van der Waals surface area contributed by atoms with E-state index in [9.17, 15) is 19.5 Å². The zero-order valence-corrected chi connectivity index (χ0v) is 33.3. The highest BCUT2D eigenvalue weighted by molar-refractivity contribution is 9.09. The average molecular weight is 793 g/mol. The maximum atomic E-state index is 15.2. The van der Waals surface area contributed by atoms with Crippen molar-refractivity contribution < 1.29 is 33.8 Å². The second kappa shape index (κ2) is 16.7. The lowest BCUT2D eigenvalue weighted by atomic mass is 9.70. The van der Waals surface area contributed by atoms with Gasteiger partial charge in [-0.3, -0.25) is 19.2 Å². The topological polar surface area (TPSA) is 117 Å². The number of aliphatic hydroxyl groups is 1. The SMILES string of the molecule is C=CCCC(=O)N(C)[C@H](C)[C@H](OC(=O)[C@H]1[C@@H]2O[C@@]3(CC2Br)[C@@H]1C(=O)N([C@@H](CO)CC(C)C)[C@@H]3C(=O)N(CC=C)c1c(C)cccc1C)c1ccccc1. The Balaban J connectivity index is 1.58. The monoisotopic (exact) mass is 791 g/mol. The highest BCUT2D eigenvalue weighted by atomic mass is 79.9. The first-order valence-electron chi connectivity index (χ1n) is 18.6. The predicted octanol–water partition coefficient (Wildman–Crippen LogP) is 6.08. The Bertz CT molecular complexity index is 1680. The van der Waals surface area contributed by atoms with E-state index in [1.807, 2.05) is 83.1 Å². The van der Waals surface area contributed by atoms with Crippen molar-refractivity contribution in [2.24, 2.45) is 17.8 Å². The van der Waals surface area contributed by atoms with Gasteiger partial charge < -0.3 is 29.3 Å². The summed E-state index contributed by atoms with van der Waals surface area (Å²) >= 11 is 3.77. The predicted molar refractivity (Wildman–Crippen MR) is 208 cm³/mol. The standard InChI is InChI=1S/C42H54BrN3O7/c1-9-11-20-32(48)44(8)28(7)36(29-18-13-12-14-19-29)52-41(51)33-34-39(49)46(30(24-47)22-25(3)4)38(42(34)23-31(43)37(33)53-42)40(50)45(21-10-2)35-26(5)16-15-17-27(35)6/h9-10,12-19,25,28,30-31,33-34,36-38,47H,1-2,11,20-24H2,3-8H3/t28-,30-,31?,33-,34+,36+,37-,38-,42+/m1/s1. The molecule has 1 N–H and O–H groups in total. The number of benzene rings is 2. The van der Waals surface area contributed by atoms with Gasteiger partial charge in [0.25, 0.3) is 5.91 Å². The molecule has 3 fully saturated rings. The minimum Gasteiger partial charge on any atom is -0.455 e. The molecule has 10 nitrogen and oxygen atoms in total. The van der Waals surface area contributed by atoms with Crippen molar-refractivity contribution >= 4 is 45.3 Å². The maximum absolute atomic E-state index is 15.2. The first-order chi connectivity index (χ1) is 25.2. The van der Waals surface area contributed by atoms with E-state index >= 15 is 4.79 Å². The van der Waals surface area contributed by atoms with E-state index in [-0.39, 0.29) is 42.1 Å². The number of carbonyl (C=O) groups is 4. The molecule has 286 valence electrons. The second-order valence-electron chi connectivity index (χ2n) is 15.2. The summed E-state index contributed by atoms with van der Waals surface area (Å²) < 4.78 is 13.2. The quantitative estimate of drug-likeness (QED) is 0.125. The number of anilines is 1. The highest BCUT2D eigenvalue weighted by Gasteiger charge is 2.77. The number of hydrogen-bond donors (Lipinski definition) is 1. The van der Waals surface area contributed by atoms with Crippen LogP contribution >= 0.6 is 15.9 Å². The van der Waals surface area contributed by atoms with Gasteiger partial charge in [-0.15, -0.1) is 13.2 Å². The third-order valence-corrected chi connectivity index (χ3v) is 12.1. The number of amides is 3. The van der Waals surface area contributed by atoms with E-state index in [0.717, 1.165) is 16.8 Å². The van der Waals surface area contributed by atoms with Gasteiger partial charge in [-0.25, -0.2) is 0 Å². The largest absolute Gasteiger partial charge is 0.455 e. The third kappa shape index (κ3) is 7.49. The van der Waals surface area contributed by atoms with Crippen LogP contribution in [0.3, 0.4) is 0 Å². The zero-order chi connectivity index (χ0) is 38.8. The van der Waals surface area contributed by atoms with Crippen molar-refractivity contribution in [1.29, 1.82) is 0 Å². The fourth-order valence-corrected chi connectivity index (χ4v) is 9.70. The van der Waals surface area contributed by atoms with Crippen LogP contribution in [0.15, 0.2) is 73.8 Å². The Morgan fingerprint density at radius 2 is 1.74 bits per heavy atom. The number of likely N-dealkylation sites (N-methyl/N-ethyl adjacent to an activating group) is 1. The summed E-state index contributed by atoms with van der Waals surface area (Å²) in [5, 5.41) is 10.8. The van der Waals surface area contributed by atoms with Crippen LogP contribution in [0, 0.1) is 31.6 Å². The first kappa shape index (κ1) is 40.4. The summed E-state index contributed by atoms with van der Waals surface area (Å²) in [5.41, 5.74) is 1.82. The molecule has 11 heteroatoms. The zero-order valence-electron chi connectivity index (χ0n) is 31.7. The van der Waals surface area contributed by atoms with Gasteiger partial charge in [-0.1, -0.05) is 90.5 Å². The Morgan fingerprint density at radius 1 is 1.08 bits per heavy atom. The Morgan fingerprint density at radius 3 is 2.32 bits per heavy atom. The Hall–Kier alpha value is -3.80. The minimum atomic E-state index is -1.37. The molecule has 0 aromatic heterocycles. The van der Waals surface area contributed by atoms with Gasteiger partial charge in [0.2, 0.25) is 11.8 Å². The molecule has 3 heterocycles. The number of hydrogen-bond acceptors (Lipinski definition) is 7. The number of alkyl halides is 1. The number of nitrogens with zero attached hydrogens (tertiary/aromatic N) is 3. The molecule has 53 heavy (non-hydrogen) atoms. The normalized spacial score (nSPS) is 26.2. The molecule has 0 aliphatic carbocycles. The van der Waals surface area contributed by atoms with Gasteiger partial charge in [-0.2, -0.15) is 0 Å². The summed E-state index contributed by atoms with van der Waals surface area (Å²) in [6, 6.07) is 12.7. The van der Waals surface area contributed by atoms with Crippen molar-refractivity contribution in [2.45, 2.75) is 101 Å². The van der Waals surface area contributed by atoms with Crippen LogP contribution in [-0.2, 0) is 28.7 Å². The number of esters is 1. The molecule has 5 rings (SSSR count). The number of para-hydroxylation sites is 1. The van der Waals surface area contributed by atoms with Gasteiger partial charge in [0.1, 0.15) is 17.7 Å². The van der Waals surface area contributed by atoms with Crippen LogP contribution in [-0.4, -0.2) is 93.5 Å². The van der Waals surface area contributed by atoms with Gasteiger partial charge in [0.05, 0.1) is 36.6 Å². The van der Waals surface area contributed by atoms with Gasteiger partial charge >= 0.3 is 5.97 Å². The smallest absolute Gasteiger partial charge is 0.313 e. The lowest BCUT2D eigenvalue weighted by Gasteiger charge is -2.40. The molecule has 3 amide bonds. The first-order valence-corrected chi connectivity index (χ1v) is 19.5. The second-order valence-corrected chi connectivity index (χ2v) is 16.4. The number of likely N-dealkylation sites (tertiary alicyclic amines) is 1. The van der Waals surface area contributed by atoms with E-state index in [0.29, 0.717) is 24.8 Å². The average Bonchev–Trinajstić information content (AvgIpc) is 3.73. The van der Waals surface area contributed by atoms with Crippen molar-refractivity contribution in [3.05, 3.63) is 90.5 Å². The van der Waals surface area contributed by atoms with Crippen LogP contribution in [0.25, 0.3) is 0 Å². The van der Waals surface area contributed by atoms with Gasteiger partial charge in [-0.05, 0) is 62.6 Å². The Kier molecular flexibility index (Phi) is 12.7. The van der Waals surface area contributed by atoms with Crippen LogP contribution in [0.5, 0.6) is 0 Å². The number of allylic oxidation sites excluding steroid dienone is 1.